The minimum Gasteiger partial charge on any atom is -0.598 e. The van der Waals surface area contributed by atoms with Crippen LogP contribution in [-0.4, -0.2) is 32.5 Å². The molecule has 0 aliphatic carbocycles. The van der Waals surface area contributed by atoms with Gasteiger partial charge >= 0.3 is 6.09 Å². The molecule has 0 saturated heterocycles. The number of pyridine rings is 1. The molecule has 1 heterocycles. The maximum absolute atomic E-state index is 12.6. The van der Waals surface area contributed by atoms with Gasteiger partial charge in [-0.25, -0.2) is 4.79 Å². The summed E-state index contributed by atoms with van der Waals surface area (Å²) in [6.45, 7) is 9.50. The number of hydrogen-bond acceptors (Lipinski definition) is 5. The lowest BCUT2D eigenvalue weighted by Crippen LogP contribution is -2.41. The molecule has 2 rings (SSSR count). The Balaban J connectivity index is 2.36. The van der Waals surface area contributed by atoms with Crippen molar-refractivity contribution in [3.8, 4) is 11.1 Å². The Hall–Kier alpha value is -2.55. The van der Waals surface area contributed by atoms with E-state index in [0.717, 1.165) is 21.7 Å². The Morgan fingerprint density at radius 3 is 2.66 bits per heavy atom. The smallest absolute Gasteiger partial charge is 0.411 e. The lowest BCUT2D eigenvalue weighted by molar-refractivity contribution is 0.203. The van der Waals surface area contributed by atoms with Crippen LogP contribution >= 0.6 is 0 Å². The Kier molecular flexibility index (Phi) is 7.29. The van der Waals surface area contributed by atoms with Crippen molar-refractivity contribution in [1.82, 2.24) is 9.71 Å². The molecule has 1 aromatic heterocycles. The maximum atomic E-state index is 12.6. The Bertz CT molecular complexity index is 882. The first kappa shape index (κ1) is 22.7. The number of amides is 1. The van der Waals surface area contributed by atoms with Crippen LogP contribution in [0.1, 0.15) is 38.9 Å². The molecule has 0 spiro atoms. The third kappa shape index (κ3) is 5.72. The zero-order valence-corrected chi connectivity index (χ0v) is 18.0. The van der Waals surface area contributed by atoms with E-state index in [2.05, 4.69) is 16.3 Å². The van der Waals surface area contributed by atoms with Crippen molar-refractivity contribution in [3.63, 3.8) is 0 Å². The average molecular weight is 417 g/mol. The lowest BCUT2D eigenvalue weighted by atomic mass is 10.0. The summed E-state index contributed by atoms with van der Waals surface area (Å²) < 4.78 is 15.3. The summed E-state index contributed by atoms with van der Waals surface area (Å²) in [6.07, 6.45) is 2.94. The van der Waals surface area contributed by atoms with Crippen molar-refractivity contribution in [1.29, 1.82) is 0 Å². The van der Waals surface area contributed by atoms with E-state index in [0.29, 0.717) is 17.8 Å². The van der Waals surface area contributed by atoms with Crippen molar-refractivity contribution >= 4 is 28.8 Å². The van der Waals surface area contributed by atoms with Gasteiger partial charge in [-0.1, -0.05) is 12.1 Å². The molecule has 7 nitrogen and oxygen atoms in total. The summed E-state index contributed by atoms with van der Waals surface area (Å²) in [6, 6.07) is 8.58. The van der Waals surface area contributed by atoms with Gasteiger partial charge in [0.25, 0.3) is 0 Å². The van der Waals surface area contributed by atoms with E-state index in [1.165, 1.54) is 7.05 Å². The molecule has 0 radical (unpaired) electrons. The number of nitrogen functional groups attached to an aromatic ring is 1. The van der Waals surface area contributed by atoms with Crippen LogP contribution in [0.4, 0.5) is 16.2 Å². The standard InChI is InChI=1S/C21H28N4O3S/c1-6-7-18(24-29(28)21(2,3)4)19-12-14(10-11-23-19)16-9-8-15(13-17(16)22)25(5)20(26)27/h6,8-13,18,24H,1,7,22H2,2-5H3,(H,26,27)/t18-,29?/m0/s1. The number of benzene rings is 1. The first-order chi connectivity index (χ1) is 13.5. The van der Waals surface area contributed by atoms with Crippen LogP contribution in [0.15, 0.2) is 49.2 Å². The second kappa shape index (κ2) is 9.30. The molecule has 0 aliphatic heterocycles. The van der Waals surface area contributed by atoms with Crippen molar-refractivity contribution in [2.45, 2.75) is 38.0 Å². The Morgan fingerprint density at radius 1 is 1.41 bits per heavy atom. The molecule has 1 aromatic carbocycles. The van der Waals surface area contributed by atoms with E-state index in [1.54, 1.807) is 30.5 Å². The number of rotatable bonds is 7. The first-order valence-electron chi connectivity index (χ1n) is 9.16. The van der Waals surface area contributed by atoms with Gasteiger partial charge in [-0.2, -0.15) is 0 Å². The van der Waals surface area contributed by atoms with Gasteiger partial charge in [0.1, 0.15) is 4.75 Å². The van der Waals surface area contributed by atoms with Crippen molar-refractivity contribution in [2.75, 3.05) is 17.7 Å². The predicted octanol–water partition coefficient (Wildman–Crippen LogP) is 4.11. The highest BCUT2D eigenvalue weighted by atomic mass is 32.2. The SMILES string of the molecule is C=CC[C@H](N[S+]([O-])C(C)(C)C)c1cc(-c2ccc(N(C)C(=O)O)cc2N)ccn1. The van der Waals surface area contributed by atoms with E-state index in [1.807, 2.05) is 32.9 Å². The van der Waals surface area contributed by atoms with E-state index in [4.69, 9.17) is 10.8 Å². The third-order valence-corrected chi connectivity index (χ3v) is 5.98. The summed E-state index contributed by atoms with van der Waals surface area (Å²) in [5.41, 5.74) is 9.48. The van der Waals surface area contributed by atoms with Crippen LogP contribution in [0.25, 0.3) is 11.1 Å². The van der Waals surface area contributed by atoms with E-state index in [9.17, 15) is 9.35 Å². The second-order valence-corrected chi connectivity index (χ2v) is 9.66. The second-order valence-electron chi connectivity index (χ2n) is 7.66. The normalized spacial score (nSPS) is 13.6. The van der Waals surface area contributed by atoms with Gasteiger partial charge < -0.3 is 15.4 Å². The van der Waals surface area contributed by atoms with E-state index in [-0.39, 0.29) is 6.04 Å². The zero-order chi connectivity index (χ0) is 21.8. The van der Waals surface area contributed by atoms with Gasteiger partial charge in [-0.15, -0.1) is 11.3 Å². The van der Waals surface area contributed by atoms with Crippen LogP contribution in [0, 0.1) is 0 Å². The lowest BCUT2D eigenvalue weighted by Gasteiger charge is -2.27. The molecule has 1 unspecified atom stereocenters. The van der Waals surface area contributed by atoms with Gasteiger partial charge in [0, 0.05) is 41.5 Å². The van der Waals surface area contributed by atoms with Gasteiger partial charge in [-0.3, -0.25) is 9.88 Å². The molecule has 0 fully saturated rings. The highest BCUT2D eigenvalue weighted by Crippen LogP contribution is 2.31. The summed E-state index contributed by atoms with van der Waals surface area (Å²) in [5, 5.41) is 9.13. The van der Waals surface area contributed by atoms with Gasteiger partial charge in [0.15, 0.2) is 0 Å². The predicted molar refractivity (Wildman–Crippen MR) is 119 cm³/mol. The van der Waals surface area contributed by atoms with Crippen molar-refractivity contribution in [2.24, 2.45) is 0 Å². The zero-order valence-electron chi connectivity index (χ0n) is 17.2. The average Bonchev–Trinajstić information content (AvgIpc) is 2.66. The molecule has 0 bridgehead atoms. The number of carbonyl (C=O) groups is 1. The highest BCUT2D eigenvalue weighted by molar-refractivity contribution is 7.90. The van der Waals surface area contributed by atoms with Crippen LogP contribution < -0.4 is 15.4 Å². The number of carboxylic acid groups (broad SMARTS) is 1. The molecule has 0 saturated carbocycles. The summed E-state index contributed by atoms with van der Waals surface area (Å²) >= 11 is -1.26. The molecule has 2 atom stereocenters. The molecule has 29 heavy (non-hydrogen) atoms. The van der Waals surface area contributed by atoms with Crippen molar-refractivity contribution in [3.05, 3.63) is 54.9 Å². The highest BCUT2D eigenvalue weighted by Gasteiger charge is 2.30. The number of nitrogens with two attached hydrogens (primary N) is 1. The van der Waals surface area contributed by atoms with Crippen LogP contribution in [-0.2, 0) is 11.4 Å². The fourth-order valence-electron chi connectivity index (χ4n) is 2.64. The fraction of sp³-hybridized carbons (Fsp3) is 0.333. The van der Waals surface area contributed by atoms with Crippen molar-refractivity contribution < 1.29 is 14.5 Å². The summed E-state index contributed by atoms with van der Waals surface area (Å²) in [4.78, 5) is 16.7. The summed E-state index contributed by atoms with van der Waals surface area (Å²) in [5.74, 6) is 0. The number of nitrogens with zero attached hydrogens (tertiary/aromatic N) is 2. The molecule has 2 aromatic rings. The number of hydrogen-bond donors (Lipinski definition) is 3. The first-order valence-corrected chi connectivity index (χ1v) is 10.3. The largest absolute Gasteiger partial charge is 0.598 e. The van der Waals surface area contributed by atoms with E-state index >= 15 is 0 Å². The Morgan fingerprint density at radius 2 is 2.10 bits per heavy atom. The number of anilines is 2. The molecule has 0 aliphatic rings. The van der Waals surface area contributed by atoms with Crippen LogP contribution in [0.3, 0.4) is 0 Å². The van der Waals surface area contributed by atoms with Gasteiger partial charge in [-0.05, 0) is 57.0 Å². The molecular weight excluding hydrogens is 388 g/mol. The number of aromatic nitrogens is 1. The minimum atomic E-state index is -1.26. The van der Waals surface area contributed by atoms with Crippen LogP contribution in [0.2, 0.25) is 0 Å². The van der Waals surface area contributed by atoms with E-state index < -0.39 is 22.2 Å². The van der Waals surface area contributed by atoms with Gasteiger partial charge in [0.05, 0.1) is 11.7 Å². The van der Waals surface area contributed by atoms with Crippen LogP contribution in [0.5, 0.6) is 0 Å². The topological polar surface area (TPSA) is 115 Å². The third-order valence-electron chi connectivity index (χ3n) is 4.37. The number of nitrogens with one attached hydrogen (secondary N) is 1. The van der Waals surface area contributed by atoms with Gasteiger partial charge in [0.2, 0.25) is 0 Å². The monoisotopic (exact) mass is 416 g/mol. The molecular formula is C21H28N4O3S. The fourth-order valence-corrected chi connectivity index (χ4v) is 3.47. The summed E-state index contributed by atoms with van der Waals surface area (Å²) in [7, 11) is 1.46. The Labute approximate surface area is 175 Å². The molecule has 8 heteroatoms. The molecule has 156 valence electrons. The maximum Gasteiger partial charge on any atom is 0.411 e. The minimum absolute atomic E-state index is 0.258. The molecule has 1 amide bonds. The quantitative estimate of drug-likeness (QED) is 0.355. The molecule has 4 N–H and O–H groups in total.